The average Bonchev–Trinajstić information content (AvgIpc) is 2.96. The third kappa shape index (κ3) is 2.17. The molecule has 0 saturated carbocycles. The molecule has 3 rings (SSSR count). The SMILES string of the molecule is Cc1nn(-c2nc3c(C)ccc(C)c3s2)c(C)c1C(=O)Cl. The molecule has 3 aromatic rings. The van der Waals surface area contributed by atoms with Gasteiger partial charge in [-0.1, -0.05) is 23.5 Å². The summed E-state index contributed by atoms with van der Waals surface area (Å²) in [7, 11) is 0. The Labute approximate surface area is 131 Å². The van der Waals surface area contributed by atoms with Gasteiger partial charge in [0.05, 0.1) is 27.2 Å². The van der Waals surface area contributed by atoms with Crippen molar-refractivity contribution in [3.63, 3.8) is 0 Å². The number of nitrogens with zero attached hydrogens (tertiary/aromatic N) is 3. The predicted molar refractivity (Wildman–Crippen MR) is 85.9 cm³/mol. The van der Waals surface area contributed by atoms with Gasteiger partial charge in [0.2, 0.25) is 5.13 Å². The maximum absolute atomic E-state index is 11.5. The van der Waals surface area contributed by atoms with Crippen molar-refractivity contribution in [1.82, 2.24) is 14.8 Å². The molecular weight excluding hydrogens is 306 g/mol. The van der Waals surface area contributed by atoms with Gasteiger partial charge in [0.25, 0.3) is 5.24 Å². The standard InChI is InChI=1S/C15H14ClN3OS/c1-7-5-6-8(2)13-12(7)17-15(21-13)19-10(4)11(14(16)20)9(3)18-19/h5-6H,1-4H3. The van der Waals surface area contributed by atoms with Gasteiger partial charge in [0, 0.05) is 0 Å². The molecule has 0 N–H and O–H groups in total. The van der Waals surface area contributed by atoms with Crippen LogP contribution in [0.15, 0.2) is 12.1 Å². The summed E-state index contributed by atoms with van der Waals surface area (Å²) in [4.78, 5) is 16.2. The molecule has 0 aliphatic carbocycles. The predicted octanol–water partition coefficient (Wildman–Crippen LogP) is 4.09. The van der Waals surface area contributed by atoms with E-state index in [1.165, 1.54) is 5.56 Å². The van der Waals surface area contributed by atoms with Gasteiger partial charge in [-0.2, -0.15) is 5.10 Å². The van der Waals surface area contributed by atoms with Gasteiger partial charge in [-0.25, -0.2) is 9.67 Å². The van der Waals surface area contributed by atoms with Crippen LogP contribution in [0.1, 0.15) is 32.9 Å². The second kappa shape index (κ2) is 4.93. The Morgan fingerprint density at radius 3 is 2.43 bits per heavy atom. The first-order valence-corrected chi connectivity index (χ1v) is 7.72. The molecule has 2 aromatic heterocycles. The minimum Gasteiger partial charge on any atom is -0.275 e. The van der Waals surface area contributed by atoms with Gasteiger partial charge in [-0.3, -0.25) is 4.79 Å². The zero-order valence-electron chi connectivity index (χ0n) is 12.2. The maximum atomic E-state index is 11.5. The number of thiazole rings is 1. The first-order chi connectivity index (χ1) is 9.90. The monoisotopic (exact) mass is 319 g/mol. The van der Waals surface area contributed by atoms with E-state index in [4.69, 9.17) is 11.6 Å². The Bertz CT molecular complexity index is 840. The van der Waals surface area contributed by atoms with Crippen molar-refractivity contribution in [2.45, 2.75) is 27.7 Å². The van der Waals surface area contributed by atoms with Crippen LogP contribution in [0.25, 0.3) is 15.3 Å². The highest BCUT2D eigenvalue weighted by molar-refractivity contribution is 7.21. The van der Waals surface area contributed by atoms with Crippen molar-refractivity contribution in [1.29, 1.82) is 0 Å². The van der Waals surface area contributed by atoms with Crippen molar-refractivity contribution < 1.29 is 4.79 Å². The summed E-state index contributed by atoms with van der Waals surface area (Å²) in [5, 5.41) is 4.69. The summed E-state index contributed by atoms with van der Waals surface area (Å²) in [6, 6.07) is 4.16. The fourth-order valence-electron chi connectivity index (χ4n) is 2.45. The summed E-state index contributed by atoms with van der Waals surface area (Å²) in [5.74, 6) is 0. The lowest BCUT2D eigenvalue weighted by molar-refractivity contribution is 0.108. The summed E-state index contributed by atoms with van der Waals surface area (Å²) in [6.45, 7) is 7.73. The van der Waals surface area contributed by atoms with Crippen LogP contribution in [0, 0.1) is 27.7 Å². The normalized spacial score (nSPS) is 11.3. The lowest BCUT2D eigenvalue weighted by Crippen LogP contribution is -1.99. The number of halogens is 1. The quantitative estimate of drug-likeness (QED) is 0.668. The Morgan fingerprint density at radius 1 is 1.19 bits per heavy atom. The van der Waals surface area contributed by atoms with Crippen LogP contribution < -0.4 is 0 Å². The van der Waals surface area contributed by atoms with Crippen LogP contribution in [-0.4, -0.2) is 20.0 Å². The number of aryl methyl sites for hydroxylation is 3. The Morgan fingerprint density at radius 2 is 1.86 bits per heavy atom. The molecule has 0 unspecified atom stereocenters. The van der Waals surface area contributed by atoms with Gasteiger partial charge >= 0.3 is 0 Å². The van der Waals surface area contributed by atoms with Gasteiger partial charge < -0.3 is 0 Å². The molecule has 6 heteroatoms. The molecule has 0 aliphatic heterocycles. The van der Waals surface area contributed by atoms with Gasteiger partial charge in [0.1, 0.15) is 0 Å². The minimum absolute atomic E-state index is 0.462. The van der Waals surface area contributed by atoms with Crippen molar-refractivity contribution in [2.75, 3.05) is 0 Å². The van der Waals surface area contributed by atoms with E-state index in [9.17, 15) is 4.79 Å². The number of aromatic nitrogens is 3. The van der Waals surface area contributed by atoms with Crippen LogP contribution in [0.3, 0.4) is 0 Å². The highest BCUT2D eigenvalue weighted by Gasteiger charge is 2.20. The highest BCUT2D eigenvalue weighted by atomic mass is 35.5. The van der Waals surface area contributed by atoms with Crippen LogP contribution in [-0.2, 0) is 0 Å². The zero-order valence-corrected chi connectivity index (χ0v) is 13.8. The van der Waals surface area contributed by atoms with E-state index in [1.54, 1.807) is 22.9 Å². The fourth-order valence-corrected chi connectivity index (χ4v) is 3.84. The van der Waals surface area contributed by atoms with Crippen molar-refractivity contribution >= 4 is 38.4 Å². The molecule has 0 fully saturated rings. The second-order valence-corrected chi connectivity index (χ2v) is 6.43. The molecule has 0 amide bonds. The molecule has 0 spiro atoms. The summed E-state index contributed by atoms with van der Waals surface area (Å²) >= 11 is 7.21. The van der Waals surface area contributed by atoms with E-state index in [-0.39, 0.29) is 0 Å². The lowest BCUT2D eigenvalue weighted by Gasteiger charge is -1.98. The third-order valence-corrected chi connectivity index (χ3v) is 4.96. The van der Waals surface area contributed by atoms with E-state index >= 15 is 0 Å². The van der Waals surface area contributed by atoms with E-state index in [0.29, 0.717) is 11.3 Å². The largest absolute Gasteiger partial charge is 0.275 e. The van der Waals surface area contributed by atoms with Crippen molar-refractivity contribution in [3.05, 3.63) is 40.2 Å². The fraction of sp³-hybridized carbons (Fsp3) is 0.267. The number of hydrogen-bond acceptors (Lipinski definition) is 4. The van der Waals surface area contributed by atoms with Gasteiger partial charge in [0.15, 0.2) is 0 Å². The summed E-state index contributed by atoms with van der Waals surface area (Å²) in [5.41, 5.74) is 5.12. The average molecular weight is 320 g/mol. The minimum atomic E-state index is -0.482. The van der Waals surface area contributed by atoms with Crippen LogP contribution in [0.2, 0.25) is 0 Å². The van der Waals surface area contributed by atoms with Crippen molar-refractivity contribution in [3.8, 4) is 5.13 Å². The number of carbonyl (C=O) groups excluding carboxylic acids is 1. The highest BCUT2D eigenvalue weighted by Crippen LogP contribution is 2.31. The van der Waals surface area contributed by atoms with E-state index in [1.807, 2.05) is 13.8 Å². The number of hydrogen-bond donors (Lipinski definition) is 0. The lowest BCUT2D eigenvalue weighted by atomic mass is 10.1. The molecular formula is C15H14ClN3OS. The molecule has 0 atom stereocenters. The number of rotatable bonds is 2. The molecule has 0 bridgehead atoms. The zero-order chi connectivity index (χ0) is 15.3. The van der Waals surface area contributed by atoms with Crippen LogP contribution in [0.4, 0.5) is 0 Å². The van der Waals surface area contributed by atoms with E-state index < -0.39 is 5.24 Å². The molecule has 1 aromatic carbocycles. The molecule has 0 radical (unpaired) electrons. The smallest absolute Gasteiger partial charge is 0.256 e. The molecule has 0 saturated heterocycles. The third-order valence-electron chi connectivity index (χ3n) is 3.60. The van der Waals surface area contributed by atoms with E-state index in [0.717, 1.165) is 26.6 Å². The summed E-state index contributed by atoms with van der Waals surface area (Å²) < 4.78 is 2.85. The molecule has 4 nitrogen and oxygen atoms in total. The molecule has 2 heterocycles. The first kappa shape index (κ1) is 14.2. The maximum Gasteiger partial charge on any atom is 0.256 e. The topological polar surface area (TPSA) is 47.8 Å². The second-order valence-electron chi connectivity index (χ2n) is 5.10. The molecule has 108 valence electrons. The molecule has 21 heavy (non-hydrogen) atoms. The molecule has 0 aliphatic rings. The number of benzene rings is 1. The van der Waals surface area contributed by atoms with Crippen LogP contribution in [0.5, 0.6) is 0 Å². The Hall–Kier alpha value is -1.72. The van der Waals surface area contributed by atoms with Gasteiger partial charge in [-0.15, -0.1) is 0 Å². The van der Waals surface area contributed by atoms with Crippen molar-refractivity contribution in [2.24, 2.45) is 0 Å². The summed E-state index contributed by atoms with van der Waals surface area (Å²) in [6.07, 6.45) is 0. The Balaban J connectivity index is 2.27. The number of fused-ring (bicyclic) bond motifs is 1. The number of carbonyl (C=O) groups is 1. The van der Waals surface area contributed by atoms with Gasteiger partial charge in [-0.05, 0) is 50.4 Å². The first-order valence-electron chi connectivity index (χ1n) is 6.53. The van der Waals surface area contributed by atoms with E-state index in [2.05, 4.69) is 29.1 Å². The van der Waals surface area contributed by atoms with Crippen LogP contribution >= 0.6 is 22.9 Å². The Kier molecular flexibility index (Phi) is 3.34.